The molecule has 0 saturated carbocycles. The lowest BCUT2D eigenvalue weighted by atomic mass is 10.1. The van der Waals surface area contributed by atoms with E-state index in [4.69, 9.17) is 20.3 Å². The van der Waals surface area contributed by atoms with Crippen molar-refractivity contribution in [3.05, 3.63) is 29.3 Å². The molecular weight excluding hydrogens is 390 g/mol. The van der Waals surface area contributed by atoms with Gasteiger partial charge in [0, 0.05) is 5.69 Å². The van der Waals surface area contributed by atoms with Gasteiger partial charge in [0.2, 0.25) is 0 Å². The Balaban J connectivity index is 0.000000821. The summed E-state index contributed by atoms with van der Waals surface area (Å²) in [4.78, 5) is 19.6. The molecule has 0 bridgehead atoms. The Morgan fingerprint density at radius 1 is 1.11 bits per heavy atom. The molecular formula is C14H12F6N2O5. The average Bonchev–Trinajstić information content (AvgIpc) is 2.51. The van der Waals surface area contributed by atoms with Gasteiger partial charge in [0.05, 0.1) is 23.7 Å². The van der Waals surface area contributed by atoms with Gasteiger partial charge in [-0.3, -0.25) is 0 Å². The Labute approximate surface area is 147 Å². The lowest BCUT2D eigenvalue weighted by Crippen LogP contribution is -2.41. The zero-order valence-corrected chi connectivity index (χ0v) is 13.3. The average molecular weight is 402 g/mol. The van der Waals surface area contributed by atoms with Crippen LogP contribution < -0.4 is 5.32 Å². The van der Waals surface area contributed by atoms with Crippen LogP contribution in [0.3, 0.4) is 0 Å². The van der Waals surface area contributed by atoms with Crippen LogP contribution in [0, 0.1) is 11.3 Å². The van der Waals surface area contributed by atoms with Gasteiger partial charge in [-0.2, -0.15) is 31.6 Å². The molecule has 0 aliphatic heterocycles. The predicted octanol–water partition coefficient (Wildman–Crippen LogP) is 2.46. The van der Waals surface area contributed by atoms with Crippen molar-refractivity contribution < 1.29 is 51.3 Å². The third kappa shape index (κ3) is 7.82. The Morgan fingerprint density at radius 2 is 1.59 bits per heavy atom. The van der Waals surface area contributed by atoms with Gasteiger partial charge in [-0.05, 0) is 25.1 Å². The van der Waals surface area contributed by atoms with Crippen molar-refractivity contribution in [2.45, 2.75) is 24.9 Å². The quantitative estimate of drug-likeness (QED) is 0.569. The maximum atomic E-state index is 12.7. The second-order valence-corrected chi connectivity index (χ2v) is 5.11. The summed E-state index contributed by atoms with van der Waals surface area (Å²) in [5, 5.41) is 36.2. The normalized spacial score (nSPS) is 13.4. The fourth-order valence-corrected chi connectivity index (χ4v) is 1.34. The van der Waals surface area contributed by atoms with Gasteiger partial charge in [-0.25, -0.2) is 9.59 Å². The van der Waals surface area contributed by atoms with Gasteiger partial charge in [-0.15, -0.1) is 0 Å². The van der Waals surface area contributed by atoms with Crippen LogP contribution >= 0.6 is 0 Å². The van der Waals surface area contributed by atoms with Crippen LogP contribution in [0.4, 0.5) is 32.0 Å². The molecule has 0 amide bonds. The van der Waals surface area contributed by atoms with E-state index in [1.54, 1.807) is 0 Å². The molecule has 4 N–H and O–H groups in total. The van der Waals surface area contributed by atoms with Crippen LogP contribution in [-0.2, 0) is 15.8 Å². The van der Waals surface area contributed by atoms with Crippen molar-refractivity contribution >= 4 is 17.6 Å². The first-order valence-electron chi connectivity index (χ1n) is 6.63. The Bertz CT molecular complexity index is 737. The van der Waals surface area contributed by atoms with E-state index in [1.807, 2.05) is 0 Å². The lowest BCUT2D eigenvalue weighted by Gasteiger charge is -2.19. The fraction of sp³-hybridized carbons (Fsp3) is 0.357. The minimum Gasteiger partial charge on any atom is -0.479 e. The first kappa shape index (κ1) is 24.0. The third-order valence-corrected chi connectivity index (χ3v) is 2.79. The van der Waals surface area contributed by atoms with E-state index >= 15 is 0 Å². The highest BCUT2D eigenvalue weighted by atomic mass is 19.4. The zero-order chi connectivity index (χ0) is 21.6. The maximum absolute atomic E-state index is 12.7. The van der Waals surface area contributed by atoms with Gasteiger partial charge >= 0.3 is 24.3 Å². The molecule has 7 nitrogen and oxygen atoms in total. The molecule has 1 aromatic rings. The number of hydrogen-bond acceptors (Lipinski definition) is 5. The van der Waals surface area contributed by atoms with Gasteiger partial charge in [0.1, 0.15) is 0 Å². The summed E-state index contributed by atoms with van der Waals surface area (Å²) in [5.41, 5.74) is -3.82. The molecule has 0 saturated heterocycles. The molecule has 0 aliphatic rings. The first-order chi connectivity index (χ1) is 12.0. The second-order valence-electron chi connectivity index (χ2n) is 5.11. The highest BCUT2D eigenvalue weighted by Gasteiger charge is 2.38. The molecule has 0 spiro atoms. The van der Waals surface area contributed by atoms with Crippen LogP contribution in [0.15, 0.2) is 18.2 Å². The Hall–Kier alpha value is -3.01. The second kappa shape index (κ2) is 8.58. The SMILES string of the molecule is CC(O)(CNc1ccc(C#N)c(C(F)(F)F)c1)C(=O)O.O=C(O)C(F)(F)F. The smallest absolute Gasteiger partial charge is 0.479 e. The number of anilines is 1. The summed E-state index contributed by atoms with van der Waals surface area (Å²) in [6, 6.07) is 4.29. The minimum atomic E-state index is -5.08. The summed E-state index contributed by atoms with van der Waals surface area (Å²) in [6.45, 7) is 0.530. The molecule has 1 atom stereocenters. The van der Waals surface area contributed by atoms with Crippen LogP contribution in [0.25, 0.3) is 0 Å². The standard InChI is InChI=1S/C12H11F3N2O3.C2HF3O2/c1-11(20,10(18)19)6-17-8-3-2-7(5-16)9(4-8)12(13,14)15;3-2(4,5)1(6)7/h2-4,17,20H,6H2,1H3,(H,18,19);(H,6,7). The van der Waals surface area contributed by atoms with Crippen LogP contribution in [-0.4, -0.2) is 45.6 Å². The molecule has 1 rings (SSSR count). The summed E-state index contributed by atoms with van der Waals surface area (Å²) in [6.07, 6.45) is -9.78. The van der Waals surface area contributed by atoms with E-state index < -0.39 is 47.6 Å². The van der Waals surface area contributed by atoms with E-state index in [1.165, 1.54) is 12.1 Å². The summed E-state index contributed by atoms with van der Waals surface area (Å²) < 4.78 is 69.8. The number of nitrogens with zero attached hydrogens (tertiary/aromatic N) is 1. The summed E-state index contributed by atoms with van der Waals surface area (Å²) in [5.74, 6) is -4.26. The van der Waals surface area contributed by atoms with E-state index in [9.17, 15) is 36.2 Å². The van der Waals surface area contributed by atoms with Crippen LogP contribution in [0.1, 0.15) is 18.1 Å². The first-order valence-corrected chi connectivity index (χ1v) is 6.63. The zero-order valence-electron chi connectivity index (χ0n) is 13.3. The number of nitrogens with one attached hydrogen (secondary N) is 1. The van der Waals surface area contributed by atoms with E-state index in [-0.39, 0.29) is 5.69 Å². The molecule has 13 heteroatoms. The van der Waals surface area contributed by atoms with E-state index in [0.717, 1.165) is 13.0 Å². The molecule has 1 aromatic carbocycles. The number of benzene rings is 1. The van der Waals surface area contributed by atoms with Crippen LogP contribution in [0.5, 0.6) is 0 Å². The summed E-state index contributed by atoms with van der Waals surface area (Å²) in [7, 11) is 0. The number of carbonyl (C=O) groups is 2. The van der Waals surface area contributed by atoms with Gasteiger partial charge in [0.25, 0.3) is 0 Å². The van der Waals surface area contributed by atoms with Gasteiger partial charge in [0.15, 0.2) is 5.60 Å². The highest BCUT2D eigenvalue weighted by molar-refractivity contribution is 5.77. The number of carboxylic acids is 2. The Morgan fingerprint density at radius 3 is 1.93 bits per heavy atom. The van der Waals surface area contributed by atoms with Gasteiger partial charge < -0.3 is 20.6 Å². The van der Waals surface area contributed by atoms with E-state index in [0.29, 0.717) is 6.07 Å². The lowest BCUT2D eigenvalue weighted by molar-refractivity contribution is -0.192. The topological polar surface area (TPSA) is 131 Å². The van der Waals surface area contributed by atoms with Crippen molar-refractivity contribution in [3.8, 4) is 6.07 Å². The molecule has 0 fully saturated rings. The predicted molar refractivity (Wildman–Crippen MR) is 76.6 cm³/mol. The van der Waals surface area contributed by atoms with Crippen LogP contribution in [0.2, 0.25) is 0 Å². The largest absolute Gasteiger partial charge is 0.490 e. The number of alkyl halides is 6. The Kier molecular flexibility index (Phi) is 7.63. The molecule has 0 radical (unpaired) electrons. The highest BCUT2D eigenvalue weighted by Crippen LogP contribution is 2.33. The van der Waals surface area contributed by atoms with E-state index in [2.05, 4.69) is 5.32 Å². The summed E-state index contributed by atoms with van der Waals surface area (Å²) >= 11 is 0. The van der Waals surface area contributed by atoms with Crippen molar-refractivity contribution in [1.82, 2.24) is 0 Å². The fourth-order valence-electron chi connectivity index (χ4n) is 1.34. The third-order valence-electron chi connectivity index (χ3n) is 2.79. The van der Waals surface area contributed by atoms with Crippen molar-refractivity contribution in [2.24, 2.45) is 0 Å². The number of aliphatic hydroxyl groups is 1. The molecule has 27 heavy (non-hydrogen) atoms. The molecule has 150 valence electrons. The molecule has 0 aliphatic carbocycles. The molecule has 0 aromatic heterocycles. The van der Waals surface area contributed by atoms with Gasteiger partial charge in [-0.1, -0.05) is 0 Å². The van der Waals surface area contributed by atoms with Crippen molar-refractivity contribution in [1.29, 1.82) is 5.26 Å². The number of nitriles is 1. The maximum Gasteiger partial charge on any atom is 0.490 e. The number of halogens is 6. The number of aliphatic carboxylic acids is 2. The van der Waals surface area contributed by atoms with Crippen molar-refractivity contribution in [2.75, 3.05) is 11.9 Å². The monoisotopic (exact) mass is 402 g/mol. The molecule has 0 heterocycles. The minimum absolute atomic E-state index is 0.0437. The number of carboxylic acid groups (broad SMARTS) is 2. The number of rotatable bonds is 4. The molecule has 1 unspecified atom stereocenters. The van der Waals surface area contributed by atoms with Crippen molar-refractivity contribution in [3.63, 3.8) is 0 Å². The number of hydrogen-bond donors (Lipinski definition) is 4.